The van der Waals surface area contributed by atoms with Gasteiger partial charge in [0.05, 0.1) is 0 Å². The summed E-state index contributed by atoms with van der Waals surface area (Å²) in [4.78, 5) is 2.04. The lowest BCUT2D eigenvalue weighted by molar-refractivity contribution is 0.593. The first-order chi connectivity index (χ1) is 6.65. The van der Waals surface area contributed by atoms with Crippen LogP contribution in [0.3, 0.4) is 0 Å². The Hall–Kier alpha value is -1.18. The maximum atomic E-state index is 4.03. The zero-order chi connectivity index (χ0) is 10.6. The summed E-state index contributed by atoms with van der Waals surface area (Å²) in [5.41, 5.74) is 3.67. The number of hydrogen-bond donors (Lipinski definition) is 0. The number of benzene rings is 1. The minimum absolute atomic E-state index is 1.06. The summed E-state index contributed by atoms with van der Waals surface area (Å²) >= 11 is 0. The molecule has 14 heavy (non-hydrogen) atoms. The standard InChI is InChI=1S/C12H18BN/c1-10(14(2)3)12-6-4-11(5-7-12)8-9-13/h4-7H,1,8-9,13H2,2-3H3. The molecule has 0 fully saturated rings. The molecule has 1 rings (SSSR count). The minimum atomic E-state index is 1.06. The molecule has 0 heterocycles. The van der Waals surface area contributed by atoms with Crippen LogP contribution in [0.4, 0.5) is 0 Å². The van der Waals surface area contributed by atoms with Gasteiger partial charge >= 0.3 is 0 Å². The first kappa shape index (κ1) is 10.9. The summed E-state index contributed by atoms with van der Waals surface area (Å²) in [6.45, 7) is 4.03. The highest BCUT2D eigenvalue weighted by Gasteiger charge is 2.00. The van der Waals surface area contributed by atoms with Crippen molar-refractivity contribution in [2.24, 2.45) is 0 Å². The Morgan fingerprint density at radius 3 is 2.29 bits per heavy atom. The van der Waals surface area contributed by atoms with Crippen LogP contribution in [-0.4, -0.2) is 26.8 Å². The Kier molecular flexibility index (Phi) is 3.81. The Bertz CT molecular complexity index is 301. The van der Waals surface area contributed by atoms with Crippen molar-refractivity contribution in [2.45, 2.75) is 12.7 Å². The molecule has 1 nitrogen and oxygen atoms in total. The summed E-state index contributed by atoms with van der Waals surface area (Å²) < 4.78 is 0. The van der Waals surface area contributed by atoms with Gasteiger partial charge < -0.3 is 4.90 Å². The van der Waals surface area contributed by atoms with Crippen LogP contribution < -0.4 is 0 Å². The van der Waals surface area contributed by atoms with E-state index in [1.807, 2.05) is 19.0 Å². The van der Waals surface area contributed by atoms with E-state index in [-0.39, 0.29) is 0 Å². The van der Waals surface area contributed by atoms with Gasteiger partial charge in [-0.05, 0) is 17.5 Å². The average molecular weight is 187 g/mol. The Balaban J connectivity index is 2.78. The highest BCUT2D eigenvalue weighted by molar-refractivity contribution is 6.08. The Morgan fingerprint density at radius 2 is 1.86 bits per heavy atom. The van der Waals surface area contributed by atoms with Crippen molar-refractivity contribution < 1.29 is 0 Å². The van der Waals surface area contributed by atoms with E-state index < -0.39 is 0 Å². The number of nitrogens with zero attached hydrogens (tertiary/aromatic N) is 1. The summed E-state index contributed by atoms with van der Waals surface area (Å²) in [7, 11) is 6.23. The molecular weight excluding hydrogens is 169 g/mol. The third-order valence-corrected chi connectivity index (χ3v) is 2.37. The van der Waals surface area contributed by atoms with E-state index in [1.165, 1.54) is 17.4 Å². The van der Waals surface area contributed by atoms with Crippen LogP contribution >= 0.6 is 0 Å². The van der Waals surface area contributed by atoms with Crippen LogP contribution in [0.25, 0.3) is 5.70 Å². The lowest BCUT2D eigenvalue weighted by Crippen LogP contribution is -2.08. The molecule has 0 radical (unpaired) electrons. The van der Waals surface area contributed by atoms with Crippen molar-refractivity contribution in [3.8, 4) is 0 Å². The van der Waals surface area contributed by atoms with Crippen molar-refractivity contribution in [1.82, 2.24) is 4.90 Å². The molecule has 0 aliphatic rings. The third kappa shape index (κ3) is 2.66. The molecule has 0 amide bonds. The van der Waals surface area contributed by atoms with Gasteiger partial charge in [0.15, 0.2) is 0 Å². The molecule has 2 heteroatoms. The predicted octanol–water partition coefficient (Wildman–Crippen LogP) is 1.81. The summed E-state index contributed by atoms with van der Waals surface area (Å²) in [5.74, 6) is 0. The van der Waals surface area contributed by atoms with E-state index in [2.05, 4.69) is 38.7 Å². The molecule has 0 aromatic heterocycles. The fourth-order valence-electron chi connectivity index (χ4n) is 1.41. The Morgan fingerprint density at radius 1 is 1.29 bits per heavy atom. The SMILES string of the molecule is BCCc1ccc(C(=C)N(C)C)cc1. The molecule has 0 spiro atoms. The van der Waals surface area contributed by atoms with E-state index in [9.17, 15) is 0 Å². The zero-order valence-corrected chi connectivity index (χ0v) is 9.38. The van der Waals surface area contributed by atoms with Crippen molar-refractivity contribution in [3.63, 3.8) is 0 Å². The number of rotatable bonds is 4. The number of aryl methyl sites for hydroxylation is 1. The topological polar surface area (TPSA) is 3.24 Å². The molecule has 0 aliphatic heterocycles. The first-order valence-corrected chi connectivity index (χ1v) is 5.10. The highest BCUT2D eigenvalue weighted by Crippen LogP contribution is 2.15. The predicted molar refractivity (Wildman–Crippen MR) is 66.2 cm³/mol. The second kappa shape index (κ2) is 4.89. The summed E-state index contributed by atoms with van der Waals surface area (Å²) in [5, 5.41) is 0. The second-order valence-electron chi connectivity index (χ2n) is 3.79. The van der Waals surface area contributed by atoms with Crippen LogP contribution in [0, 0.1) is 0 Å². The number of hydrogen-bond acceptors (Lipinski definition) is 1. The molecule has 1 aromatic carbocycles. The van der Waals surface area contributed by atoms with Gasteiger partial charge in [0.25, 0.3) is 0 Å². The second-order valence-corrected chi connectivity index (χ2v) is 3.79. The largest absolute Gasteiger partial charge is 0.378 e. The first-order valence-electron chi connectivity index (χ1n) is 5.10. The van der Waals surface area contributed by atoms with Gasteiger partial charge in [0, 0.05) is 19.8 Å². The highest BCUT2D eigenvalue weighted by atomic mass is 15.1. The lowest BCUT2D eigenvalue weighted by Gasteiger charge is -2.15. The van der Waals surface area contributed by atoms with Gasteiger partial charge in [-0.3, -0.25) is 0 Å². The Labute approximate surface area is 87.8 Å². The minimum Gasteiger partial charge on any atom is -0.378 e. The van der Waals surface area contributed by atoms with Crippen molar-refractivity contribution in [2.75, 3.05) is 14.1 Å². The molecule has 0 unspecified atom stereocenters. The van der Waals surface area contributed by atoms with Gasteiger partial charge in [-0.25, -0.2) is 0 Å². The van der Waals surface area contributed by atoms with Gasteiger partial charge in [-0.2, -0.15) is 0 Å². The molecule has 0 saturated heterocycles. The van der Waals surface area contributed by atoms with Crippen LogP contribution in [0.1, 0.15) is 11.1 Å². The van der Waals surface area contributed by atoms with Crippen LogP contribution in [-0.2, 0) is 6.42 Å². The summed E-state index contributed by atoms with van der Waals surface area (Å²) in [6.07, 6.45) is 2.36. The van der Waals surface area contributed by atoms with Gasteiger partial charge in [0.2, 0.25) is 0 Å². The van der Waals surface area contributed by atoms with Crippen molar-refractivity contribution in [1.29, 1.82) is 0 Å². The molecule has 0 aliphatic carbocycles. The normalized spacial score (nSPS) is 9.86. The molecule has 1 aromatic rings. The van der Waals surface area contributed by atoms with Crippen LogP contribution in [0.2, 0.25) is 6.32 Å². The van der Waals surface area contributed by atoms with Crippen molar-refractivity contribution >= 4 is 13.5 Å². The van der Waals surface area contributed by atoms with E-state index >= 15 is 0 Å². The third-order valence-electron chi connectivity index (χ3n) is 2.37. The molecule has 0 atom stereocenters. The average Bonchev–Trinajstić information content (AvgIpc) is 2.18. The van der Waals surface area contributed by atoms with Gasteiger partial charge in [-0.15, -0.1) is 0 Å². The summed E-state index contributed by atoms with van der Waals surface area (Å²) in [6, 6.07) is 8.67. The van der Waals surface area contributed by atoms with Gasteiger partial charge in [0.1, 0.15) is 7.85 Å². The molecule has 0 saturated carbocycles. The smallest absolute Gasteiger partial charge is 0.101 e. The van der Waals surface area contributed by atoms with E-state index in [1.54, 1.807) is 0 Å². The van der Waals surface area contributed by atoms with E-state index in [0.29, 0.717) is 0 Å². The van der Waals surface area contributed by atoms with Crippen molar-refractivity contribution in [3.05, 3.63) is 42.0 Å². The molecule has 0 bridgehead atoms. The van der Waals surface area contributed by atoms with Crippen LogP contribution in [0.15, 0.2) is 30.8 Å². The van der Waals surface area contributed by atoms with E-state index in [4.69, 9.17) is 0 Å². The molecule has 0 N–H and O–H groups in total. The fourth-order valence-corrected chi connectivity index (χ4v) is 1.41. The zero-order valence-electron chi connectivity index (χ0n) is 9.38. The van der Waals surface area contributed by atoms with Crippen LogP contribution in [0.5, 0.6) is 0 Å². The fraction of sp³-hybridized carbons (Fsp3) is 0.333. The maximum Gasteiger partial charge on any atom is 0.101 e. The molecule has 74 valence electrons. The quantitative estimate of drug-likeness (QED) is 0.650. The van der Waals surface area contributed by atoms with E-state index in [0.717, 1.165) is 12.1 Å². The lowest BCUT2D eigenvalue weighted by atomic mass is 9.96. The maximum absolute atomic E-state index is 4.03. The monoisotopic (exact) mass is 187 g/mol. The van der Waals surface area contributed by atoms with Gasteiger partial charge in [-0.1, -0.05) is 37.2 Å². The molecular formula is C12H18BN.